The summed E-state index contributed by atoms with van der Waals surface area (Å²) in [6.07, 6.45) is 5.32. The van der Waals surface area contributed by atoms with Crippen molar-refractivity contribution in [3.63, 3.8) is 0 Å². The van der Waals surface area contributed by atoms with E-state index in [0.717, 1.165) is 18.4 Å². The number of rotatable bonds is 6. The minimum atomic E-state index is 0.745. The van der Waals surface area contributed by atoms with Gasteiger partial charge >= 0.3 is 0 Å². The van der Waals surface area contributed by atoms with Gasteiger partial charge in [0.15, 0.2) is 0 Å². The van der Waals surface area contributed by atoms with Crippen LogP contribution in [0.4, 0.5) is 0 Å². The summed E-state index contributed by atoms with van der Waals surface area (Å²) < 4.78 is 0. The average molecular weight is 307 g/mol. The van der Waals surface area contributed by atoms with Crippen LogP contribution in [0.5, 0.6) is 0 Å². The van der Waals surface area contributed by atoms with Crippen LogP contribution in [0.25, 0.3) is 0 Å². The van der Waals surface area contributed by atoms with E-state index in [1.54, 1.807) is 5.56 Å². The Kier molecular flexibility index (Phi) is 5.87. The molecule has 1 heteroatoms. The van der Waals surface area contributed by atoms with Crippen LogP contribution >= 0.6 is 0 Å². The molecule has 0 amide bonds. The Balaban J connectivity index is 1.68. The van der Waals surface area contributed by atoms with Crippen molar-refractivity contribution in [2.75, 3.05) is 13.1 Å². The zero-order valence-corrected chi connectivity index (χ0v) is 14.3. The zero-order chi connectivity index (χ0) is 15.9. The summed E-state index contributed by atoms with van der Waals surface area (Å²) in [5.74, 6) is 1.55. The van der Waals surface area contributed by atoms with Crippen molar-refractivity contribution in [3.8, 4) is 0 Å². The fourth-order valence-electron chi connectivity index (χ4n) is 3.99. The molecule has 0 bridgehead atoms. The maximum absolute atomic E-state index is 2.66. The predicted molar refractivity (Wildman–Crippen MR) is 98.5 cm³/mol. The second-order valence-electron chi connectivity index (χ2n) is 6.93. The highest BCUT2D eigenvalue weighted by atomic mass is 15.1. The second kappa shape index (κ2) is 8.31. The van der Waals surface area contributed by atoms with E-state index in [4.69, 9.17) is 0 Å². The molecule has 2 aromatic carbocycles. The highest BCUT2D eigenvalue weighted by molar-refractivity contribution is 5.21. The fraction of sp³-hybridized carbons (Fsp3) is 0.455. The summed E-state index contributed by atoms with van der Waals surface area (Å²) in [4.78, 5) is 2.66. The first-order valence-electron chi connectivity index (χ1n) is 9.18. The van der Waals surface area contributed by atoms with Gasteiger partial charge in [-0.05, 0) is 42.3 Å². The Morgan fingerprint density at radius 2 is 1.65 bits per heavy atom. The Bertz CT molecular complexity index is 563. The molecule has 122 valence electrons. The standard InChI is InChI=1S/C22H29N/c1-2-3-12-21-18-23(17-19-10-6-4-7-11-19)16-15-22(21)20-13-8-5-9-14-20/h4-11,13-14,21-22H,2-3,12,15-18H2,1H3/t21-,22+/m1/s1. The van der Waals surface area contributed by atoms with Crippen LogP contribution < -0.4 is 0 Å². The maximum Gasteiger partial charge on any atom is 0.0233 e. The first-order valence-corrected chi connectivity index (χ1v) is 9.18. The third-order valence-electron chi connectivity index (χ3n) is 5.22. The van der Waals surface area contributed by atoms with Crippen molar-refractivity contribution in [2.45, 2.75) is 45.1 Å². The first kappa shape index (κ1) is 16.3. The van der Waals surface area contributed by atoms with Crippen LogP contribution in [-0.4, -0.2) is 18.0 Å². The summed E-state index contributed by atoms with van der Waals surface area (Å²) >= 11 is 0. The number of benzene rings is 2. The average Bonchev–Trinajstić information content (AvgIpc) is 2.62. The number of nitrogens with zero attached hydrogens (tertiary/aromatic N) is 1. The van der Waals surface area contributed by atoms with Crippen LogP contribution in [0.15, 0.2) is 60.7 Å². The molecular formula is C22H29N. The van der Waals surface area contributed by atoms with Crippen LogP contribution in [0.1, 0.15) is 49.7 Å². The smallest absolute Gasteiger partial charge is 0.0233 e. The molecule has 1 aliphatic rings. The number of unbranched alkanes of at least 4 members (excludes halogenated alkanes) is 1. The van der Waals surface area contributed by atoms with Gasteiger partial charge in [0.05, 0.1) is 0 Å². The van der Waals surface area contributed by atoms with Crippen molar-refractivity contribution < 1.29 is 0 Å². The highest BCUT2D eigenvalue weighted by Gasteiger charge is 2.29. The molecule has 0 aliphatic carbocycles. The highest BCUT2D eigenvalue weighted by Crippen LogP contribution is 2.36. The Morgan fingerprint density at radius 3 is 2.35 bits per heavy atom. The lowest BCUT2D eigenvalue weighted by molar-refractivity contribution is 0.139. The minimum absolute atomic E-state index is 0.745. The Hall–Kier alpha value is -1.60. The first-order chi connectivity index (χ1) is 11.4. The summed E-state index contributed by atoms with van der Waals surface area (Å²) in [6, 6.07) is 22.1. The largest absolute Gasteiger partial charge is 0.299 e. The van der Waals surface area contributed by atoms with Crippen LogP contribution in [0, 0.1) is 5.92 Å². The van der Waals surface area contributed by atoms with E-state index in [1.807, 2.05) is 0 Å². The molecule has 1 saturated heterocycles. The molecule has 0 saturated carbocycles. The maximum atomic E-state index is 2.66. The van der Waals surface area contributed by atoms with Crippen LogP contribution in [-0.2, 0) is 6.54 Å². The van der Waals surface area contributed by atoms with Gasteiger partial charge in [-0.15, -0.1) is 0 Å². The predicted octanol–water partition coefficient (Wildman–Crippen LogP) is 5.48. The summed E-state index contributed by atoms with van der Waals surface area (Å²) in [7, 11) is 0. The monoisotopic (exact) mass is 307 g/mol. The molecule has 23 heavy (non-hydrogen) atoms. The molecule has 1 fully saturated rings. The van der Waals surface area contributed by atoms with Crippen molar-refractivity contribution in [2.24, 2.45) is 5.92 Å². The number of piperidine rings is 1. The van der Waals surface area contributed by atoms with E-state index < -0.39 is 0 Å². The van der Waals surface area contributed by atoms with Crippen LogP contribution in [0.3, 0.4) is 0 Å². The van der Waals surface area contributed by atoms with Crippen molar-refractivity contribution in [3.05, 3.63) is 71.8 Å². The van der Waals surface area contributed by atoms with Gasteiger partial charge in [-0.1, -0.05) is 80.4 Å². The summed E-state index contributed by atoms with van der Waals surface area (Å²) in [6.45, 7) is 5.87. The van der Waals surface area contributed by atoms with E-state index in [-0.39, 0.29) is 0 Å². The molecule has 1 aliphatic heterocycles. The normalized spacial score (nSPS) is 22.1. The topological polar surface area (TPSA) is 3.24 Å². The van der Waals surface area contributed by atoms with Gasteiger partial charge in [0.1, 0.15) is 0 Å². The van der Waals surface area contributed by atoms with Gasteiger partial charge in [-0.25, -0.2) is 0 Å². The number of hydrogen-bond donors (Lipinski definition) is 0. The SMILES string of the molecule is CCCC[C@@H]1CN(Cc2ccccc2)CC[C@H]1c1ccccc1. The molecule has 0 spiro atoms. The van der Waals surface area contributed by atoms with Crippen molar-refractivity contribution in [1.29, 1.82) is 0 Å². The van der Waals surface area contributed by atoms with E-state index in [9.17, 15) is 0 Å². The van der Waals surface area contributed by atoms with Gasteiger partial charge in [0.2, 0.25) is 0 Å². The van der Waals surface area contributed by atoms with Gasteiger partial charge in [0.25, 0.3) is 0 Å². The molecule has 3 rings (SSSR count). The molecule has 0 unspecified atom stereocenters. The molecule has 2 aromatic rings. The number of hydrogen-bond acceptors (Lipinski definition) is 1. The molecule has 1 heterocycles. The lowest BCUT2D eigenvalue weighted by Gasteiger charge is -2.39. The third-order valence-corrected chi connectivity index (χ3v) is 5.22. The fourth-order valence-corrected chi connectivity index (χ4v) is 3.99. The Labute approximate surface area is 141 Å². The van der Waals surface area contributed by atoms with Gasteiger partial charge < -0.3 is 0 Å². The zero-order valence-electron chi connectivity index (χ0n) is 14.3. The molecule has 0 aromatic heterocycles. The van der Waals surface area contributed by atoms with Gasteiger partial charge in [-0.2, -0.15) is 0 Å². The molecule has 1 nitrogen and oxygen atoms in total. The van der Waals surface area contributed by atoms with Crippen molar-refractivity contribution >= 4 is 0 Å². The molecule has 0 radical (unpaired) electrons. The quantitative estimate of drug-likeness (QED) is 0.683. The molecule has 2 atom stereocenters. The van der Waals surface area contributed by atoms with E-state index in [2.05, 4.69) is 72.5 Å². The number of likely N-dealkylation sites (tertiary alicyclic amines) is 1. The second-order valence-corrected chi connectivity index (χ2v) is 6.93. The summed E-state index contributed by atoms with van der Waals surface area (Å²) in [5.41, 5.74) is 2.99. The van der Waals surface area contributed by atoms with E-state index >= 15 is 0 Å². The molecule has 0 N–H and O–H groups in total. The van der Waals surface area contributed by atoms with Gasteiger partial charge in [-0.3, -0.25) is 4.90 Å². The Morgan fingerprint density at radius 1 is 0.957 bits per heavy atom. The molecular weight excluding hydrogens is 278 g/mol. The van der Waals surface area contributed by atoms with E-state index in [0.29, 0.717) is 0 Å². The van der Waals surface area contributed by atoms with E-state index in [1.165, 1.54) is 44.3 Å². The lowest BCUT2D eigenvalue weighted by atomic mass is 9.78. The van der Waals surface area contributed by atoms with Gasteiger partial charge in [0, 0.05) is 13.1 Å². The third kappa shape index (κ3) is 4.45. The minimum Gasteiger partial charge on any atom is -0.299 e. The summed E-state index contributed by atoms with van der Waals surface area (Å²) in [5, 5.41) is 0. The van der Waals surface area contributed by atoms with Crippen LogP contribution in [0.2, 0.25) is 0 Å². The lowest BCUT2D eigenvalue weighted by Crippen LogP contribution is -2.39. The van der Waals surface area contributed by atoms with Crippen molar-refractivity contribution in [1.82, 2.24) is 4.90 Å².